The van der Waals surface area contributed by atoms with Crippen molar-refractivity contribution >= 4 is 60.8 Å². The first-order valence-electron chi connectivity index (χ1n) is 9.69. The first kappa shape index (κ1) is 23.2. The number of nitrogens with two attached hydrogens (primary N) is 1. The van der Waals surface area contributed by atoms with Gasteiger partial charge in [-0.3, -0.25) is 4.79 Å². The zero-order valence-corrected chi connectivity index (χ0v) is 21.2. The van der Waals surface area contributed by atoms with E-state index in [2.05, 4.69) is 37.9 Å². The number of nitrogens with zero attached hydrogens (tertiary/aromatic N) is 1. The molecule has 32 heavy (non-hydrogen) atoms. The van der Waals surface area contributed by atoms with E-state index in [0.717, 1.165) is 11.1 Å². The monoisotopic (exact) mass is 596 g/mol. The number of Topliss-reactive ketones (excluding diaryl/α,β-unsaturated/α-hetero) is 1. The Morgan fingerprint density at radius 1 is 1.16 bits per heavy atom. The average Bonchev–Trinajstić information content (AvgIpc) is 2.74. The molecule has 9 heteroatoms. The fourth-order valence-electron chi connectivity index (χ4n) is 3.86. The van der Waals surface area contributed by atoms with E-state index in [0.29, 0.717) is 55.3 Å². The van der Waals surface area contributed by atoms with Crippen LogP contribution < -0.4 is 10.5 Å². The Hall–Kier alpha value is -1.98. The van der Waals surface area contributed by atoms with Crippen LogP contribution in [0.2, 0.25) is 10.0 Å². The molecule has 0 aromatic heterocycles. The van der Waals surface area contributed by atoms with Gasteiger partial charge < -0.3 is 15.2 Å². The summed E-state index contributed by atoms with van der Waals surface area (Å²) in [5.41, 5.74) is 8.35. The Kier molecular flexibility index (Phi) is 6.87. The summed E-state index contributed by atoms with van der Waals surface area (Å²) < 4.78 is 12.9. The minimum Gasteiger partial charge on any atom is -0.487 e. The van der Waals surface area contributed by atoms with Gasteiger partial charge in [0.1, 0.15) is 29.8 Å². The van der Waals surface area contributed by atoms with E-state index >= 15 is 0 Å². The molecule has 2 aromatic carbocycles. The zero-order chi connectivity index (χ0) is 23.0. The Bertz CT molecular complexity index is 1210. The second-order valence-electron chi connectivity index (χ2n) is 7.39. The molecule has 0 spiro atoms. The molecule has 4 rings (SSSR count). The number of benzene rings is 2. The predicted octanol–water partition coefficient (Wildman–Crippen LogP) is 6.91. The normalized spacial score (nSPS) is 18.2. The summed E-state index contributed by atoms with van der Waals surface area (Å²) >= 11 is 19.2. The molecule has 0 fully saturated rings. The summed E-state index contributed by atoms with van der Waals surface area (Å²) in [4.78, 5) is 12.7. The quantitative estimate of drug-likeness (QED) is 0.413. The molecule has 1 aliphatic heterocycles. The molecule has 0 bridgehead atoms. The van der Waals surface area contributed by atoms with Crippen LogP contribution in [0.1, 0.15) is 36.3 Å². The molecule has 1 heterocycles. The fourth-order valence-corrected chi connectivity index (χ4v) is 5.63. The van der Waals surface area contributed by atoms with Crippen LogP contribution in [0, 0.1) is 11.3 Å². The maximum absolute atomic E-state index is 12.7. The second-order valence-corrected chi connectivity index (χ2v) is 9.91. The van der Waals surface area contributed by atoms with Crippen LogP contribution in [0.3, 0.4) is 0 Å². The molecular formula is C23H16Br2Cl2N2O3. The predicted molar refractivity (Wildman–Crippen MR) is 129 cm³/mol. The van der Waals surface area contributed by atoms with E-state index in [-0.39, 0.29) is 23.8 Å². The number of rotatable bonds is 4. The van der Waals surface area contributed by atoms with E-state index < -0.39 is 5.92 Å². The van der Waals surface area contributed by atoms with Crippen LogP contribution in [-0.4, -0.2) is 5.78 Å². The van der Waals surface area contributed by atoms with Gasteiger partial charge in [-0.2, -0.15) is 5.26 Å². The summed E-state index contributed by atoms with van der Waals surface area (Å²) in [6, 6.07) is 11.1. The van der Waals surface area contributed by atoms with Crippen molar-refractivity contribution in [3.8, 4) is 11.8 Å². The van der Waals surface area contributed by atoms with Gasteiger partial charge in [0, 0.05) is 18.4 Å². The summed E-state index contributed by atoms with van der Waals surface area (Å²) in [6.45, 7) is 0.273. The van der Waals surface area contributed by atoms with Crippen molar-refractivity contribution < 1.29 is 14.3 Å². The van der Waals surface area contributed by atoms with Crippen molar-refractivity contribution in [3.63, 3.8) is 0 Å². The number of ketones is 1. The second kappa shape index (κ2) is 9.48. The van der Waals surface area contributed by atoms with Crippen molar-refractivity contribution in [1.82, 2.24) is 0 Å². The van der Waals surface area contributed by atoms with Gasteiger partial charge in [0.25, 0.3) is 0 Å². The van der Waals surface area contributed by atoms with Crippen LogP contribution in [0.25, 0.3) is 0 Å². The number of hydrogen-bond acceptors (Lipinski definition) is 5. The Morgan fingerprint density at radius 2 is 1.88 bits per heavy atom. The molecule has 0 saturated heterocycles. The Balaban J connectivity index is 1.69. The van der Waals surface area contributed by atoms with Crippen molar-refractivity contribution in [3.05, 3.63) is 83.2 Å². The number of allylic oxidation sites excluding steroid dienone is 3. The third-order valence-corrected chi connectivity index (χ3v) is 7.24. The van der Waals surface area contributed by atoms with Crippen molar-refractivity contribution in [2.75, 3.05) is 0 Å². The molecule has 0 radical (unpaired) electrons. The van der Waals surface area contributed by atoms with E-state index in [1.54, 1.807) is 12.1 Å². The molecule has 1 atom stereocenters. The molecule has 0 unspecified atom stereocenters. The van der Waals surface area contributed by atoms with Gasteiger partial charge in [-0.25, -0.2) is 0 Å². The topological polar surface area (TPSA) is 85.3 Å². The smallest absolute Gasteiger partial charge is 0.205 e. The van der Waals surface area contributed by atoms with Crippen LogP contribution in [0.5, 0.6) is 5.75 Å². The highest BCUT2D eigenvalue weighted by molar-refractivity contribution is 9.11. The van der Waals surface area contributed by atoms with Crippen molar-refractivity contribution in [2.24, 2.45) is 5.73 Å². The maximum atomic E-state index is 12.7. The van der Waals surface area contributed by atoms with E-state index in [1.807, 2.05) is 18.2 Å². The van der Waals surface area contributed by atoms with Crippen LogP contribution in [0.15, 0.2) is 62.1 Å². The number of carbonyl (C=O) groups is 1. The van der Waals surface area contributed by atoms with Gasteiger partial charge in [0.05, 0.1) is 24.9 Å². The van der Waals surface area contributed by atoms with Gasteiger partial charge >= 0.3 is 0 Å². The first-order chi connectivity index (χ1) is 15.3. The lowest BCUT2D eigenvalue weighted by Crippen LogP contribution is -2.27. The molecule has 0 saturated carbocycles. The fraction of sp³-hybridized carbons (Fsp3) is 0.217. The standard InChI is InChI=1S/C23H16Br2Cl2N2O3/c24-14-7-12(8-15(25)22(14)31-10-11-4-5-16(26)17(27)6-11)20-13(9-28)23(29)32-19-3-1-2-18(30)21(19)20/h4-8,20H,1-3,10,29H2/t20-/m0/s1. The summed E-state index contributed by atoms with van der Waals surface area (Å²) in [6.07, 6.45) is 1.74. The SMILES string of the molecule is N#CC1=C(N)OC2=C(C(=O)CCC2)[C@H]1c1cc(Br)c(OCc2ccc(Cl)c(Cl)c2)c(Br)c1. The molecular weight excluding hydrogens is 583 g/mol. The molecule has 5 nitrogen and oxygen atoms in total. The number of nitriles is 1. The van der Waals surface area contributed by atoms with Gasteiger partial charge in [0.2, 0.25) is 5.88 Å². The lowest BCUT2D eigenvalue weighted by molar-refractivity contribution is -0.116. The maximum Gasteiger partial charge on any atom is 0.205 e. The van der Waals surface area contributed by atoms with Crippen LogP contribution >= 0.6 is 55.1 Å². The van der Waals surface area contributed by atoms with Crippen molar-refractivity contribution in [2.45, 2.75) is 31.8 Å². The lowest BCUT2D eigenvalue weighted by Gasteiger charge is -2.31. The molecule has 2 N–H and O–H groups in total. The minimum absolute atomic E-state index is 0.0244. The summed E-state index contributed by atoms with van der Waals surface area (Å²) in [5, 5.41) is 10.7. The highest BCUT2D eigenvalue weighted by Gasteiger charge is 2.38. The third-order valence-electron chi connectivity index (χ3n) is 5.33. The molecule has 0 amide bonds. The molecule has 2 aliphatic rings. The average molecular weight is 599 g/mol. The van der Waals surface area contributed by atoms with E-state index in [1.165, 1.54) is 0 Å². The van der Waals surface area contributed by atoms with Gasteiger partial charge in [-0.15, -0.1) is 0 Å². The molecule has 1 aliphatic carbocycles. The highest BCUT2D eigenvalue weighted by atomic mass is 79.9. The summed E-state index contributed by atoms with van der Waals surface area (Å²) in [7, 11) is 0. The van der Waals surface area contributed by atoms with Gasteiger partial charge in [-0.1, -0.05) is 29.3 Å². The Morgan fingerprint density at radius 3 is 2.53 bits per heavy atom. The highest BCUT2D eigenvalue weighted by Crippen LogP contribution is 2.46. The number of carbonyl (C=O) groups excluding carboxylic acids is 1. The first-order valence-corrected chi connectivity index (χ1v) is 12.0. The van der Waals surface area contributed by atoms with Gasteiger partial charge in [-0.05, 0) is 73.7 Å². The molecule has 2 aromatic rings. The zero-order valence-electron chi connectivity index (χ0n) is 16.6. The molecule has 164 valence electrons. The van der Waals surface area contributed by atoms with Crippen molar-refractivity contribution in [1.29, 1.82) is 5.26 Å². The Labute approximate surface area is 212 Å². The van der Waals surface area contributed by atoms with Crippen LogP contribution in [0.4, 0.5) is 0 Å². The van der Waals surface area contributed by atoms with Crippen LogP contribution in [-0.2, 0) is 16.1 Å². The largest absolute Gasteiger partial charge is 0.487 e. The number of ether oxygens (including phenoxy) is 2. The lowest BCUT2D eigenvalue weighted by atomic mass is 9.77. The van der Waals surface area contributed by atoms with E-state index in [9.17, 15) is 10.1 Å². The van der Waals surface area contributed by atoms with E-state index in [4.69, 9.17) is 38.4 Å². The minimum atomic E-state index is -0.590. The summed E-state index contributed by atoms with van der Waals surface area (Å²) in [5.74, 6) is 0.552. The van der Waals surface area contributed by atoms with Gasteiger partial charge in [0.15, 0.2) is 5.78 Å². The number of halogens is 4. The third kappa shape index (κ3) is 4.42. The number of hydrogen-bond donors (Lipinski definition) is 1.